The summed E-state index contributed by atoms with van der Waals surface area (Å²) in [4.78, 5) is 17.3. The Morgan fingerprint density at radius 3 is 2.70 bits per heavy atom. The number of carbonyl (C=O) groups is 1. The average Bonchev–Trinajstić information content (AvgIpc) is 3.14. The first-order valence-electron chi connectivity index (χ1n) is 9.01. The van der Waals surface area contributed by atoms with E-state index in [0.717, 1.165) is 51.7 Å². The molecule has 1 atom stereocenters. The third-order valence-corrected chi connectivity index (χ3v) is 5.30. The van der Waals surface area contributed by atoms with Gasteiger partial charge in [0.15, 0.2) is 5.69 Å². The summed E-state index contributed by atoms with van der Waals surface area (Å²) in [7, 11) is 4.20. The lowest BCUT2D eigenvalue weighted by Gasteiger charge is -2.32. The fraction of sp³-hybridized carbons (Fsp3) is 0.778. The Labute approximate surface area is 139 Å². The van der Waals surface area contributed by atoms with E-state index in [9.17, 15) is 4.79 Å². The Morgan fingerprint density at radius 2 is 2.04 bits per heavy atom. The Balaban J connectivity index is 1.81. The highest BCUT2D eigenvalue weighted by Gasteiger charge is 2.32. The van der Waals surface area contributed by atoms with Crippen LogP contribution in [0.25, 0.3) is 0 Å². The van der Waals surface area contributed by atoms with E-state index >= 15 is 0 Å². The molecular weight excluding hydrogens is 288 g/mol. The summed E-state index contributed by atoms with van der Waals surface area (Å²) < 4.78 is 1.94. The van der Waals surface area contributed by atoms with Gasteiger partial charge in [0.05, 0.1) is 0 Å². The van der Waals surface area contributed by atoms with Gasteiger partial charge in [-0.3, -0.25) is 9.48 Å². The highest BCUT2D eigenvalue weighted by atomic mass is 16.2. The summed E-state index contributed by atoms with van der Waals surface area (Å²) in [6.45, 7) is 7.41. The molecule has 0 saturated carbocycles. The second-order valence-corrected chi connectivity index (χ2v) is 7.63. The van der Waals surface area contributed by atoms with Crippen LogP contribution in [0.4, 0.5) is 0 Å². The predicted molar refractivity (Wildman–Crippen MR) is 91.6 cm³/mol. The number of fused-ring (bicyclic) bond motifs is 1. The minimum atomic E-state index is 0.145. The third-order valence-electron chi connectivity index (χ3n) is 5.30. The SMILES string of the molecule is CC(C)CN(C)C1CCc2c(c(C(=O)N3CCCC3)nn2C)C1. The van der Waals surface area contributed by atoms with Gasteiger partial charge in [0.2, 0.25) is 0 Å². The number of aromatic nitrogens is 2. The standard InChI is InChI=1S/C18H30N4O/c1-13(2)12-20(3)14-7-8-16-15(11-14)17(19-21(16)4)18(23)22-9-5-6-10-22/h13-14H,5-12H2,1-4H3. The third kappa shape index (κ3) is 3.30. The summed E-state index contributed by atoms with van der Waals surface area (Å²) in [6.07, 6.45) is 5.40. The molecule has 2 heterocycles. The van der Waals surface area contributed by atoms with Crippen molar-refractivity contribution >= 4 is 5.91 Å². The van der Waals surface area contributed by atoms with Crippen molar-refractivity contribution in [2.24, 2.45) is 13.0 Å². The molecule has 1 aromatic heterocycles. The molecular formula is C18H30N4O. The van der Waals surface area contributed by atoms with Gasteiger partial charge in [0.1, 0.15) is 0 Å². The van der Waals surface area contributed by atoms with Gasteiger partial charge in [-0.2, -0.15) is 5.10 Å². The molecule has 1 aromatic rings. The van der Waals surface area contributed by atoms with Crippen LogP contribution in [0.15, 0.2) is 0 Å². The average molecular weight is 318 g/mol. The van der Waals surface area contributed by atoms with Crippen LogP contribution in [-0.4, -0.2) is 58.2 Å². The van der Waals surface area contributed by atoms with Crippen molar-refractivity contribution in [3.05, 3.63) is 17.0 Å². The minimum absolute atomic E-state index is 0.145. The van der Waals surface area contributed by atoms with E-state index < -0.39 is 0 Å². The number of carbonyl (C=O) groups excluding carboxylic acids is 1. The van der Waals surface area contributed by atoms with E-state index in [0.29, 0.717) is 17.7 Å². The van der Waals surface area contributed by atoms with Gasteiger partial charge in [-0.05, 0) is 45.1 Å². The molecule has 1 aliphatic heterocycles. The number of rotatable bonds is 4. The topological polar surface area (TPSA) is 41.4 Å². The van der Waals surface area contributed by atoms with Gasteiger partial charge in [0.25, 0.3) is 5.91 Å². The maximum absolute atomic E-state index is 12.8. The van der Waals surface area contributed by atoms with Gasteiger partial charge < -0.3 is 9.80 Å². The van der Waals surface area contributed by atoms with Crippen LogP contribution in [0, 0.1) is 5.92 Å². The molecule has 1 aliphatic carbocycles. The van der Waals surface area contributed by atoms with Crippen molar-refractivity contribution in [3.8, 4) is 0 Å². The number of likely N-dealkylation sites (tertiary alicyclic amines) is 1. The predicted octanol–water partition coefficient (Wildman–Crippen LogP) is 2.10. The van der Waals surface area contributed by atoms with Gasteiger partial charge in [-0.25, -0.2) is 0 Å². The van der Waals surface area contributed by atoms with E-state index in [1.807, 2.05) is 16.6 Å². The number of nitrogens with zero attached hydrogens (tertiary/aromatic N) is 4. The first-order valence-corrected chi connectivity index (χ1v) is 9.01. The van der Waals surface area contributed by atoms with Crippen LogP contribution in [0.5, 0.6) is 0 Å². The van der Waals surface area contributed by atoms with E-state index in [-0.39, 0.29) is 5.91 Å². The quantitative estimate of drug-likeness (QED) is 0.854. The zero-order valence-electron chi connectivity index (χ0n) is 15.0. The minimum Gasteiger partial charge on any atom is -0.337 e. The molecule has 23 heavy (non-hydrogen) atoms. The summed E-state index contributed by atoms with van der Waals surface area (Å²) in [5.41, 5.74) is 3.19. The Bertz CT molecular complexity index is 572. The summed E-state index contributed by atoms with van der Waals surface area (Å²) in [5.74, 6) is 0.813. The lowest BCUT2D eigenvalue weighted by molar-refractivity contribution is 0.0784. The fourth-order valence-corrected chi connectivity index (χ4v) is 4.11. The number of hydrogen-bond donors (Lipinski definition) is 0. The Morgan fingerprint density at radius 1 is 1.35 bits per heavy atom. The van der Waals surface area contributed by atoms with Crippen LogP contribution in [-0.2, 0) is 19.9 Å². The molecule has 1 fully saturated rings. The van der Waals surface area contributed by atoms with E-state index in [1.54, 1.807) is 0 Å². The highest BCUT2D eigenvalue weighted by molar-refractivity contribution is 5.94. The van der Waals surface area contributed by atoms with E-state index in [1.165, 1.54) is 11.3 Å². The number of aryl methyl sites for hydroxylation is 1. The first kappa shape index (κ1) is 16.5. The second-order valence-electron chi connectivity index (χ2n) is 7.63. The molecule has 128 valence electrons. The van der Waals surface area contributed by atoms with Crippen LogP contribution >= 0.6 is 0 Å². The van der Waals surface area contributed by atoms with Crippen molar-refractivity contribution in [2.45, 2.75) is 52.0 Å². The Hall–Kier alpha value is -1.36. The van der Waals surface area contributed by atoms with Crippen molar-refractivity contribution in [3.63, 3.8) is 0 Å². The molecule has 1 unspecified atom stereocenters. The summed E-state index contributed by atoms with van der Waals surface area (Å²) >= 11 is 0. The molecule has 1 saturated heterocycles. The van der Waals surface area contributed by atoms with E-state index in [2.05, 4.69) is 30.9 Å². The largest absolute Gasteiger partial charge is 0.337 e. The smallest absolute Gasteiger partial charge is 0.274 e. The molecule has 0 aromatic carbocycles. The second kappa shape index (κ2) is 6.63. The summed E-state index contributed by atoms with van der Waals surface area (Å²) in [5, 5.41) is 4.60. The Kier molecular flexibility index (Phi) is 4.76. The number of hydrogen-bond acceptors (Lipinski definition) is 3. The zero-order valence-corrected chi connectivity index (χ0v) is 15.0. The molecule has 0 spiro atoms. The fourth-order valence-electron chi connectivity index (χ4n) is 4.11. The lowest BCUT2D eigenvalue weighted by atomic mass is 9.90. The van der Waals surface area contributed by atoms with Crippen LogP contribution in [0.3, 0.4) is 0 Å². The van der Waals surface area contributed by atoms with E-state index in [4.69, 9.17) is 0 Å². The van der Waals surface area contributed by atoms with Crippen molar-refractivity contribution in [1.82, 2.24) is 19.6 Å². The monoisotopic (exact) mass is 318 g/mol. The molecule has 3 rings (SSSR count). The van der Waals surface area contributed by atoms with Crippen molar-refractivity contribution in [2.75, 3.05) is 26.7 Å². The summed E-state index contributed by atoms with van der Waals surface area (Å²) in [6, 6.07) is 0.527. The van der Waals surface area contributed by atoms with Gasteiger partial charge in [-0.15, -0.1) is 0 Å². The highest BCUT2D eigenvalue weighted by Crippen LogP contribution is 2.28. The molecule has 0 radical (unpaired) electrons. The van der Waals surface area contributed by atoms with Gasteiger partial charge in [-0.1, -0.05) is 13.8 Å². The normalized spacial score (nSPS) is 21.3. The zero-order chi connectivity index (χ0) is 16.6. The van der Waals surface area contributed by atoms with Crippen LogP contribution < -0.4 is 0 Å². The molecule has 5 heteroatoms. The van der Waals surface area contributed by atoms with Crippen molar-refractivity contribution in [1.29, 1.82) is 0 Å². The van der Waals surface area contributed by atoms with Crippen molar-refractivity contribution < 1.29 is 4.79 Å². The van der Waals surface area contributed by atoms with Gasteiger partial charge in [0, 0.05) is 44.0 Å². The molecule has 5 nitrogen and oxygen atoms in total. The maximum atomic E-state index is 12.8. The maximum Gasteiger partial charge on any atom is 0.274 e. The van der Waals surface area contributed by atoms with Gasteiger partial charge >= 0.3 is 0 Å². The van der Waals surface area contributed by atoms with Crippen LogP contribution in [0.2, 0.25) is 0 Å². The molecule has 2 aliphatic rings. The number of likely N-dealkylation sites (N-methyl/N-ethyl adjacent to an activating group) is 1. The molecule has 0 N–H and O–H groups in total. The lowest BCUT2D eigenvalue weighted by Crippen LogP contribution is -2.39. The molecule has 0 bridgehead atoms. The first-order chi connectivity index (χ1) is 11.0. The number of amides is 1. The molecule has 1 amide bonds. The van der Waals surface area contributed by atoms with Crippen LogP contribution in [0.1, 0.15) is 54.9 Å².